The molecule has 0 amide bonds. The zero-order valence-corrected chi connectivity index (χ0v) is 10.6. The molecular weight excluding hydrogens is 290 g/mol. The largest absolute Gasteiger partial charge is 0.478 e. The number of nitro groups is 1. The van der Waals surface area contributed by atoms with Crippen LogP contribution in [0.4, 0.5) is 11.4 Å². The zero-order chi connectivity index (χ0) is 14.7. The van der Waals surface area contributed by atoms with E-state index in [9.17, 15) is 14.9 Å². The predicted molar refractivity (Wildman–Crippen MR) is 68.9 cm³/mol. The van der Waals surface area contributed by atoms with Crippen molar-refractivity contribution in [3.63, 3.8) is 0 Å². The average Bonchev–Trinajstić information content (AvgIpc) is 2.89. The second kappa shape index (κ2) is 5.57. The van der Waals surface area contributed by atoms with Gasteiger partial charge in [-0.2, -0.15) is 0 Å². The number of benzene rings is 1. The monoisotopic (exact) mass is 297 g/mol. The smallest absolute Gasteiger partial charge is 0.338 e. The molecule has 1 heterocycles. The number of halogens is 1. The molecule has 0 fully saturated rings. The van der Waals surface area contributed by atoms with E-state index in [0.29, 0.717) is 5.76 Å². The summed E-state index contributed by atoms with van der Waals surface area (Å²) in [5.41, 5.74) is -0.595. The van der Waals surface area contributed by atoms with Crippen LogP contribution >= 0.6 is 11.6 Å². The van der Waals surface area contributed by atoms with Crippen molar-refractivity contribution in [1.29, 1.82) is 0 Å². The minimum atomic E-state index is -1.32. The molecule has 0 bridgehead atoms. The van der Waals surface area contributed by atoms with Crippen molar-refractivity contribution in [3.05, 3.63) is 50.9 Å². The molecule has 0 atom stereocenters. The summed E-state index contributed by atoms with van der Waals surface area (Å²) in [4.78, 5) is 21.1. The molecule has 104 valence electrons. The summed E-state index contributed by atoms with van der Waals surface area (Å²) in [5.74, 6) is -0.855. The third-order valence-electron chi connectivity index (χ3n) is 2.45. The predicted octanol–water partition coefficient (Wildman–Crippen LogP) is 2.55. The average molecular weight is 298 g/mol. The number of carboxylic acid groups (broad SMARTS) is 1. The van der Waals surface area contributed by atoms with Gasteiger partial charge in [-0.05, 0) is 0 Å². The van der Waals surface area contributed by atoms with E-state index in [1.807, 2.05) is 0 Å². The van der Waals surface area contributed by atoms with Gasteiger partial charge in [-0.25, -0.2) is 4.79 Å². The number of hydrogen-bond donors (Lipinski definition) is 2. The number of hydrogen-bond acceptors (Lipinski definition) is 6. The van der Waals surface area contributed by atoms with Crippen LogP contribution in [-0.4, -0.2) is 21.2 Å². The van der Waals surface area contributed by atoms with Crippen molar-refractivity contribution in [2.24, 2.45) is 0 Å². The molecule has 0 aliphatic rings. The molecule has 9 heteroatoms. The van der Waals surface area contributed by atoms with Crippen LogP contribution in [0, 0.1) is 10.1 Å². The Morgan fingerprint density at radius 2 is 2.30 bits per heavy atom. The minimum Gasteiger partial charge on any atom is -0.478 e. The van der Waals surface area contributed by atoms with Crippen molar-refractivity contribution >= 4 is 28.9 Å². The van der Waals surface area contributed by atoms with Gasteiger partial charge in [0.25, 0.3) is 5.69 Å². The topological polar surface area (TPSA) is 118 Å². The maximum Gasteiger partial charge on any atom is 0.338 e. The lowest BCUT2D eigenvalue weighted by molar-refractivity contribution is -0.384. The maximum atomic E-state index is 11.2. The molecule has 0 unspecified atom stereocenters. The molecular formula is C11H8ClN3O5. The van der Waals surface area contributed by atoms with Crippen LogP contribution in [0.5, 0.6) is 0 Å². The summed E-state index contributed by atoms with van der Waals surface area (Å²) in [7, 11) is 0. The summed E-state index contributed by atoms with van der Waals surface area (Å²) < 4.78 is 4.85. The maximum absolute atomic E-state index is 11.2. The van der Waals surface area contributed by atoms with E-state index in [2.05, 4.69) is 10.5 Å². The number of aromatic carboxylic acids is 1. The van der Waals surface area contributed by atoms with E-state index in [1.165, 1.54) is 6.20 Å². The van der Waals surface area contributed by atoms with Gasteiger partial charge in [-0.1, -0.05) is 16.8 Å². The third kappa shape index (κ3) is 2.86. The molecule has 0 saturated heterocycles. The number of carboxylic acids is 1. The highest BCUT2D eigenvalue weighted by Crippen LogP contribution is 2.31. The highest BCUT2D eigenvalue weighted by atomic mass is 35.5. The van der Waals surface area contributed by atoms with Gasteiger partial charge in [0.05, 0.1) is 33.9 Å². The summed E-state index contributed by atoms with van der Waals surface area (Å²) in [6.45, 7) is 0.151. The standard InChI is InChI=1S/C11H8ClN3O5/c12-9-4-6(15(18)19)3-8(11(16)17)10(9)13-5-7-1-2-14-20-7/h1-4,13H,5H2,(H,16,17). The first kappa shape index (κ1) is 13.8. The highest BCUT2D eigenvalue weighted by Gasteiger charge is 2.20. The number of nitro benzene ring substituents is 1. The minimum absolute atomic E-state index is 0.0592. The van der Waals surface area contributed by atoms with Crippen LogP contribution in [-0.2, 0) is 6.54 Å². The number of anilines is 1. The van der Waals surface area contributed by atoms with Gasteiger partial charge in [-0.3, -0.25) is 10.1 Å². The van der Waals surface area contributed by atoms with Crippen molar-refractivity contribution in [1.82, 2.24) is 5.16 Å². The van der Waals surface area contributed by atoms with Gasteiger partial charge in [-0.15, -0.1) is 0 Å². The lowest BCUT2D eigenvalue weighted by Crippen LogP contribution is -2.07. The number of aromatic nitrogens is 1. The fourth-order valence-electron chi connectivity index (χ4n) is 1.55. The normalized spacial score (nSPS) is 10.2. The summed E-state index contributed by atoms with van der Waals surface area (Å²) in [6, 6.07) is 3.61. The number of nitrogens with zero attached hydrogens (tertiary/aromatic N) is 2. The molecule has 0 aliphatic heterocycles. The molecule has 0 spiro atoms. The molecule has 1 aromatic heterocycles. The van der Waals surface area contributed by atoms with Crippen molar-refractivity contribution < 1.29 is 19.3 Å². The number of carbonyl (C=O) groups is 1. The van der Waals surface area contributed by atoms with Gasteiger partial charge in [0.15, 0.2) is 5.76 Å². The first-order valence-corrected chi connectivity index (χ1v) is 5.71. The quantitative estimate of drug-likeness (QED) is 0.643. The van der Waals surface area contributed by atoms with E-state index in [1.54, 1.807) is 6.07 Å². The Bertz CT molecular complexity index is 656. The number of nitrogens with one attached hydrogen (secondary N) is 1. The van der Waals surface area contributed by atoms with E-state index < -0.39 is 16.6 Å². The molecule has 0 radical (unpaired) electrons. The lowest BCUT2D eigenvalue weighted by Gasteiger charge is -2.10. The fraction of sp³-hybridized carbons (Fsp3) is 0.0909. The molecule has 2 aromatic rings. The Morgan fingerprint density at radius 3 is 2.85 bits per heavy atom. The Kier molecular flexibility index (Phi) is 3.85. The van der Waals surface area contributed by atoms with E-state index in [-0.39, 0.29) is 22.8 Å². The highest BCUT2D eigenvalue weighted by molar-refractivity contribution is 6.34. The summed E-state index contributed by atoms with van der Waals surface area (Å²) in [6.07, 6.45) is 1.44. The van der Waals surface area contributed by atoms with Crippen LogP contribution < -0.4 is 5.32 Å². The third-order valence-corrected chi connectivity index (χ3v) is 2.74. The van der Waals surface area contributed by atoms with E-state index in [0.717, 1.165) is 12.1 Å². The summed E-state index contributed by atoms with van der Waals surface area (Å²) >= 11 is 5.89. The Hall–Kier alpha value is -2.61. The van der Waals surface area contributed by atoms with Crippen LogP contribution in [0.15, 0.2) is 28.9 Å². The van der Waals surface area contributed by atoms with Gasteiger partial charge in [0.2, 0.25) is 0 Å². The molecule has 2 rings (SSSR count). The molecule has 8 nitrogen and oxygen atoms in total. The molecule has 0 aliphatic carbocycles. The Morgan fingerprint density at radius 1 is 1.55 bits per heavy atom. The van der Waals surface area contributed by atoms with Crippen LogP contribution in [0.3, 0.4) is 0 Å². The molecule has 1 aromatic carbocycles. The second-order valence-corrected chi connectivity index (χ2v) is 4.15. The first-order valence-electron chi connectivity index (χ1n) is 5.33. The Balaban J connectivity index is 2.35. The number of rotatable bonds is 5. The SMILES string of the molecule is O=C(O)c1cc([N+](=O)[O-])cc(Cl)c1NCc1ccno1. The first-order chi connectivity index (χ1) is 9.49. The second-order valence-electron chi connectivity index (χ2n) is 3.74. The summed E-state index contributed by atoms with van der Waals surface area (Å²) in [5, 5.41) is 26.0. The van der Waals surface area contributed by atoms with Crippen molar-refractivity contribution in [2.75, 3.05) is 5.32 Å². The van der Waals surface area contributed by atoms with Gasteiger partial charge >= 0.3 is 5.97 Å². The van der Waals surface area contributed by atoms with Gasteiger partial charge in [0.1, 0.15) is 0 Å². The van der Waals surface area contributed by atoms with Gasteiger partial charge < -0.3 is 14.9 Å². The number of non-ortho nitro benzene ring substituents is 1. The fourth-order valence-corrected chi connectivity index (χ4v) is 1.84. The van der Waals surface area contributed by atoms with E-state index in [4.69, 9.17) is 21.2 Å². The van der Waals surface area contributed by atoms with Gasteiger partial charge in [0, 0.05) is 18.2 Å². The van der Waals surface area contributed by atoms with Crippen molar-refractivity contribution in [2.45, 2.75) is 6.54 Å². The molecule has 0 saturated carbocycles. The van der Waals surface area contributed by atoms with Crippen LogP contribution in [0.2, 0.25) is 5.02 Å². The molecule has 2 N–H and O–H groups in total. The Labute approximate surface area is 117 Å². The van der Waals surface area contributed by atoms with Crippen molar-refractivity contribution in [3.8, 4) is 0 Å². The lowest BCUT2D eigenvalue weighted by atomic mass is 10.1. The van der Waals surface area contributed by atoms with E-state index >= 15 is 0 Å². The zero-order valence-electron chi connectivity index (χ0n) is 9.87. The van der Waals surface area contributed by atoms with Crippen LogP contribution in [0.25, 0.3) is 0 Å². The molecule has 20 heavy (non-hydrogen) atoms. The van der Waals surface area contributed by atoms with Crippen LogP contribution in [0.1, 0.15) is 16.1 Å².